The molecule has 1 amide bonds. The highest BCUT2D eigenvalue weighted by Gasteiger charge is 2.47. The highest BCUT2D eigenvalue weighted by molar-refractivity contribution is 6.34. The smallest absolute Gasteiger partial charge is 0.435 e. The van der Waals surface area contributed by atoms with E-state index >= 15 is 0 Å². The second-order valence-corrected chi connectivity index (χ2v) is 7.01. The van der Waals surface area contributed by atoms with Gasteiger partial charge in [0.1, 0.15) is 11.5 Å². The zero-order valence-corrected chi connectivity index (χ0v) is 16.6. The lowest BCUT2D eigenvalue weighted by molar-refractivity contribution is -0.384. The molecule has 162 valence electrons. The number of alkyl halides is 3. The molecule has 0 bridgehead atoms. The van der Waals surface area contributed by atoms with Crippen LogP contribution in [0.15, 0.2) is 75.8 Å². The summed E-state index contributed by atoms with van der Waals surface area (Å²) in [5.74, 6) is -1.07. The van der Waals surface area contributed by atoms with Gasteiger partial charge < -0.3 is 4.42 Å². The van der Waals surface area contributed by atoms with Crippen LogP contribution in [0.2, 0.25) is 5.02 Å². The third-order valence-electron chi connectivity index (χ3n) is 4.48. The molecule has 0 saturated carbocycles. The third-order valence-corrected chi connectivity index (χ3v) is 4.72. The second kappa shape index (κ2) is 7.97. The number of hydrazone groups is 1. The molecule has 0 fully saturated rings. The van der Waals surface area contributed by atoms with Gasteiger partial charge in [-0.3, -0.25) is 14.9 Å². The molecule has 11 heteroatoms. The van der Waals surface area contributed by atoms with Crippen molar-refractivity contribution >= 4 is 40.7 Å². The molecule has 0 unspecified atom stereocenters. The predicted octanol–water partition coefficient (Wildman–Crippen LogP) is 5.86. The number of halogens is 4. The molecule has 1 aliphatic heterocycles. The van der Waals surface area contributed by atoms with E-state index < -0.39 is 28.3 Å². The number of amides is 1. The molecule has 1 aromatic heterocycles. The van der Waals surface area contributed by atoms with Crippen LogP contribution in [-0.4, -0.2) is 22.7 Å². The van der Waals surface area contributed by atoms with E-state index in [4.69, 9.17) is 16.0 Å². The van der Waals surface area contributed by atoms with Gasteiger partial charge in [-0.15, -0.1) is 0 Å². The van der Waals surface area contributed by atoms with Crippen LogP contribution >= 0.6 is 11.6 Å². The Morgan fingerprint density at radius 1 is 1.09 bits per heavy atom. The summed E-state index contributed by atoms with van der Waals surface area (Å²) in [6.45, 7) is 0. The van der Waals surface area contributed by atoms with Gasteiger partial charge in [0.15, 0.2) is 5.71 Å². The molecule has 0 aliphatic carbocycles. The first kappa shape index (κ1) is 21.3. The Morgan fingerprint density at radius 3 is 2.47 bits per heavy atom. The first-order valence-corrected chi connectivity index (χ1v) is 9.34. The van der Waals surface area contributed by atoms with Crippen LogP contribution < -0.4 is 5.01 Å². The van der Waals surface area contributed by atoms with Gasteiger partial charge in [-0.05, 0) is 42.5 Å². The number of anilines is 1. The average molecular weight is 462 g/mol. The average Bonchev–Trinajstić information content (AvgIpc) is 3.34. The number of carbonyl (C=O) groups excluding carboxylic acids is 1. The number of hydrogen-bond donors (Lipinski definition) is 0. The Labute approximate surface area is 183 Å². The standard InChI is InChI=1S/C21H11ClF3N3O4/c22-12-6-8-15(17(10-12)28(30)31)18-9-7-14(32-18)11-16-19(21(23,24)25)26-27(20(16)29)13-4-2-1-3-5-13/h1-11H. The molecule has 2 heterocycles. The predicted molar refractivity (Wildman–Crippen MR) is 111 cm³/mol. The molecule has 1 aliphatic rings. The summed E-state index contributed by atoms with van der Waals surface area (Å²) in [6, 6.07) is 14.2. The SMILES string of the molecule is O=C1C(=Cc2ccc(-c3ccc(Cl)cc3[N+](=O)[O-])o2)C(C(F)(F)F)=NN1c1ccccc1. The van der Waals surface area contributed by atoms with Gasteiger partial charge >= 0.3 is 6.18 Å². The number of rotatable bonds is 4. The van der Waals surface area contributed by atoms with Crippen molar-refractivity contribution in [1.82, 2.24) is 0 Å². The molecule has 0 saturated heterocycles. The van der Waals surface area contributed by atoms with E-state index in [0.29, 0.717) is 5.01 Å². The van der Waals surface area contributed by atoms with Crippen molar-refractivity contribution in [1.29, 1.82) is 0 Å². The van der Waals surface area contributed by atoms with Gasteiger partial charge in [0.25, 0.3) is 11.6 Å². The molecule has 3 aromatic rings. The monoisotopic (exact) mass is 461 g/mol. The Kier molecular flexibility index (Phi) is 5.31. The fourth-order valence-corrected chi connectivity index (χ4v) is 3.25. The number of para-hydroxylation sites is 1. The Bertz CT molecular complexity index is 1280. The molecule has 0 radical (unpaired) electrons. The minimum absolute atomic E-state index is 0.0241. The van der Waals surface area contributed by atoms with Gasteiger partial charge in [0.05, 0.1) is 21.7 Å². The number of carbonyl (C=O) groups is 1. The minimum Gasteiger partial charge on any atom is -0.456 e. The van der Waals surface area contributed by atoms with E-state index in [1.54, 1.807) is 18.2 Å². The third kappa shape index (κ3) is 4.00. The summed E-state index contributed by atoms with van der Waals surface area (Å²) in [6.07, 6.45) is -3.99. The molecular formula is C21H11ClF3N3O4. The quantitative estimate of drug-likeness (QED) is 0.276. The summed E-state index contributed by atoms with van der Waals surface area (Å²) in [7, 11) is 0. The van der Waals surface area contributed by atoms with Gasteiger partial charge in [-0.1, -0.05) is 29.8 Å². The van der Waals surface area contributed by atoms with Gasteiger partial charge in [-0.25, -0.2) is 0 Å². The lowest BCUT2D eigenvalue weighted by atomic mass is 10.1. The van der Waals surface area contributed by atoms with Crippen LogP contribution in [0.4, 0.5) is 24.5 Å². The summed E-state index contributed by atoms with van der Waals surface area (Å²) in [5, 5.41) is 15.6. The van der Waals surface area contributed by atoms with Crippen molar-refractivity contribution in [2.45, 2.75) is 6.18 Å². The summed E-state index contributed by atoms with van der Waals surface area (Å²) in [4.78, 5) is 23.4. The first-order valence-electron chi connectivity index (χ1n) is 8.96. The molecule has 32 heavy (non-hydrogen) atoms. The maximum Gasteiger partial charge on any atom is 0.435 e. The Hall–Kier alpha value is -3.92. The van der Waals surface area contributed by atoms with Crippen molar-refractivity contribution in [3.63, 3.8) is 0 Å². The van der Waals surface area contributed by atoms with Crippen LogP contribution in [0.1, 0.15) is 5.76 Å². The van der Waals surface area contributed by atoms with E-state index in [-0.39, 0.29) is 33.5 Å². The molecule has 7 nitrogen and oxygen atoms in total. The van der Waals surface area contributed by atoms with Gasteiger partial charge in [-0.2, -0.15) is 23.3 Å². The molecule has 2 aromatic carbocycles. The molecular weight excluding hydrogens is 451 g/mol. The summed E-state index contributed by atoms with van der Waals surface area (Å²) in [5.41, 5.74) is -2.18. The van der Waals surface area contributed by atoms with E-state index in [9.17, 15) is 28.1 Å². The summed E-state index contributed by atoms with van der Waals surface area (Å²) >= 11 is 5.80. The van der Waals surface area contributed by atoms with Crippen molar-refractivity contribution in [3.05, 3.63) is 87.1 Å². The van der Waals surface area contributed by atoms with Crippen LogP contribution in [-0.2, 0) is 4.79 Å². The number of furan rings is 1. The number of benzene rings is 2. The number of nitro groups is 1. The zero-order valence-electron chi connectivity index (χ0n) is 15.8. The maximum absolute atomic E-state index is 13.6. The lowest BCUT2D eigenvalue weighted by Gasteiger charge is -2.10. The number of hydrogen-bond acceptors (Lipinski definition) is 5. The zero-order chi connectivity index (χ0) is 23.0. The van der Waals surface area contributed by atoms with E-state index in [1.165, 1.54) is 36.4 Å². The highest BCUT2D eigenvalue weighted by Crippen LogP contribution is 2.36. The fraction of sp³-hybridized carbons (Fsp3) is 0.0476. The topological polar surface area (TPSA) is 88.9 Å². The second-order valence-electron chi connectivity index (χ2n) is 6.58. The van der Waals surface area contributed by atoms with Crippen LogP contribution in [0.5, 0.6) is 0 Å². The molecule has 4 rings (SSSR count). The minimum atomic E-state index is -4.89. The van der Waals surface area contributed by atoms with Crippen molar-refractivity contribution in [2.75, 3.05) is 5.01 Å². The number of nitrogens with zero attached hydrogens (tertiary/aromatic N) is 3. The van der Waals surface area contributed by atoms with Gasteiger partial charge in [0, 0.05) is 11.1 Å². The van der Waals surface area contributed by atoms with Crippen LogP contribution in [0, 0.1) is 10.1 Å². The van der Waals surface area contributed by atoms with Crippen LogP contribution in [0.3, 0.4) is 0 Å². The normalized spacial score (nSPS) is 15.4. The van der Waals surface area contributed by atoms with E-state index in [0.717, 1.165) is 12.1 Å². The maximum atomic E-state index is 13.6. The van der Waals surface area contributed by atoms with Crippen LogP contribution in [0.25, 0.3) is 17.4 Å². The van der Waals surface area contributed by atoms with Gasteiger partial charge in [0.2, 0.25) is 0 Å². The van der Waals surface area contributed by atoms with Crippen molar-refractivity contribution in [2.24, 2.45) is 5.10 Å². The first-order chi connectivity index (χ1) is 15.1. The molecule has 0 atom stereocenters. The fourth-order valence-electron chi connectivity index (χ4n) is 3.08. The Morgan fingerprint density at radius 2 is 1.81 bits per heavy atom. The largest absolute Gasteiger partial charge is 0.456 e. The van der Waals surface area contributed by atoms with E-state index in [1.807, 2.05) is 0 Å². The molecule has 0 N–H and O–H groups in total. The van der Waals surface area contributed by atoms with Crippen molar-refractivity contribution < 1.29 is 27.3 Å². The highest BCUT2D eigenvalue weighted by atomic mass is 35.5. The van der Waals surface area contributed by atoms with Crippen molar-refractivity contribution in [3.8, 4) is 11.3 Å². The summed E-state index contributed by atoms with van der Waals surface area (Å²) < 4.78 is 46.2. The Balaban J connectivity index is 1.75. The molecule has 0 spiro atoms. The van der Waals surface area contributed by atoms with E-state index in [2.05, 4.69) is 5.10 Å². The lowest BCUT2D eigenvalue weighted by Crippen LogP contribution is -2.25. The number of nitro benzene ring substituents is 1.